The van der Waals surface area contributed by atoms with Crippen LogP contribution in [0.3, 0.4) is 0 Å². The maximum atomic E-state index is 13.5. The van der Waals surface area contributed by atoms with Crippen LogP contribution in [0.1, 0.15) is 95.6 Å². The number of aryl methyl sites for hydroxylation is 1. The van der Waals surface area contributed by atoms with Gasteiger partial charge in [-0.15, -0.1) is 0 Å². The zero-order chi connectivity index (χ0) is 42.9. The van der Waals surface area contributed by atoms with Crippen LogP contribution in [0.5, 0.6) is 11.5 Å². The van der Waals surface area contributed by atoms with Crippen molar-refractivity contribution < 1.29 is 46.6 Å². The molecule has 1 unspecified atom stereocenters. The van der Waals surface area contributed by atoms with Gasteiger partial charge in [0.25, 0.3) is 11.8 Å². The standard InChI is InChI=1S/C42H45F3N8O7/c1-22(24-16-25(42(43,44)45)18-26(46)17-24)48-38-29-19-34(33(59-3)20-31(29)49-23(2)50-38)60-27-13-15-52(21-27)36(55)10-5-4-6-14-47-30-9-7-8-28-37(30)41(58)53(40(28)57)32-11-12-35(54)51-39(32)56/h7-9,16-20,22,27,32,47H,4-6,10-15,21,46H2,1-3H3,(H,48,49,50)(H,51,54,56)/t22-,27+,32?/m1/s1. The number of alkyl halides is 3. The number of ether oxygens (including phenoxy) is 2. The van der Waals surface area contributed by atoms with Crippen LogP contribution in [0.2, 0.25) is 0 Å². The molecule has 4 aromatic rings. The van der Waals surface area contributed by atoms with E-state index in [4.69, 9.17) is 15.2 Å². The number of nitrogen functional groups attached to an aromatic ring is 1. The number of carbonyl (C=O) groups excluding carboxylic acids is 5. The average molecular weight is 831 g/mol. The highest BCUT2D eigenvalue weighted by molar-refractivity contribution is 6.25. The number of imide groups is 2. The first-order valence-corrected chi connectivity index (χ1v) is 19.7. The van der Waals surface area contributed by atoms with Crippen molar-refractivity contribution in [1.82, 2.24) is 25.1 Å². The normalized spacial score (nSPS) is 18.4. The molecular formula is C42H45F3N8O7. The molecule has 316 valence electrons. The summed E-state index contributed by atoms with van der Waals surface area (Å²) in [5.41, 5.74) is 6.72. The molecule has 3 atom stereocenters. The summed E-state index contributed by atoms with van der Waals surface area (Å²) in [6, 6.07) is 10.1. The van der Waals surface area contributed by atoms with E-state index in [-0.39, 0.29) is 41.7 Å². The second-order valence-corrected chi connectivity index (χ2v) is 15.2. The number of hydrogen-bond donors (Lipinski definition) is 4. The molecule has 2 fully saturated rings. The molecule has 0 saturated carbocycles. The van der Waals surface area contributed by atoms with Crippen molar-refractivity contribution in [2.75, 3.05) is 43.1 Å². The Morgan fingerprint density at radius 2 is 1.82 bits per heavy atom. The molecule has 3 aromatic carbocycles. The monoisotopic (exact) mass is 830 g/mol. The van der Waals surface area contributed by atoms with E-state index in [9.17, 15) is 37.1 Å². The van der Waals surface area contributed by atoms with Crippen LogP contribution in [0.4, 0.5) is 30.4 Å². The van der Waals surface area contributed by atoms with Crippen molar-refractivity contribution in [1.29, 1.82) is 0 Å². The van der Waals surface area contributed by atoms with Gasteiger partial charge in [0.15, 0.2) is 11.5 Å². The molecule has 60 heavy (non-hydrogen) atoms. The van der Waals surface area contributed by atoms with Gasteiger partial charge in [-0.3, -0.25) is 34.2 Å². The molecule has 18 heteroatoms. The summed E-state index contributed by atoms with van der Waals surface area (Å²) in [5, 5.41) is 9.22. The zero-order valence-electron chi connectivity index (χ0n) is 33.3. The minimum absolute atomic E-state index is 0.00218. The predicted molar refractivity (Wildman–Crippen MR) is 214 cm³/mol. The Bertz CT molecular complexity index is 2370. The lowest BCUT2D eigenvalue weighted by Gasteiger charge is -2.27. The van der Waals surface area contributed by atoms with Crippen LogP contribution < -0.4 is 31.2 Å². The van der Waals surface area contributed by atoms with Crippen LogP contribution in [0.25, 0.3) is 10.9 Å². The fourth-order valence-corrected chi connectivity index (χ4v) is 7.84. The van der Waals surface area contributed by atoms with Crippen molar-refractivity contribution >= 4 is 57.6 Å². The molecule has 3 aliphatic rings. The number of methoxy groups -OCH3 is 1. The Hall–Kier alpha value is -6.46. The van der Waals surface area contributed by atoms with Gasteiger partial charge in [-0.25, -0.2) is 9.97 Å². The van der Waals surface area contributed by atoms with Gasteiger partial charge in [0.1, 0.15) is 23.8 Å². The molecule has 2 saturated heterocycles. The van der Waals surface area contributed by atoms with E-state index in [1.165, 1.54) is 13.2 Å². The molecule has 0 bridgehead atoms. The lowest BCUT2D eigenvalue weighted by Crippen LogP contribution is -2.54. The van der Waals surface area contributed by atoms with Crippen molar-refractivity contribution in [2.45, 2.75) is 83.2 Å². The van der Waals surface area contributed by atoms with Crippen molar-refractivity contribution in [3.05, 3.63) is 76.6 Å². The molecule has 3 aliphatic heterocycles. The number of anilines is 3. The summed E-state index contributed by atoms with van der Waals surface area (Å²) in [6.45, 7) is 4.78. The Morgan fingerprint density at radius 1 is 1.02 bits per heavy atom. The summed E-state index contributed by atoms with van der Waals surface area (Å²) in [4.78, 5) is 75.5. The number of nitrogens with zero attached hydrogens (tertiary/aromatic N) is 4. The number of halogens is 3. The number of likely N-dealkylation sites (tertiary alicyclic amines) is 1. The Labute approximate surface area is 343 Å². The highest BCUT2D eigenvalue weighted by Crippen LogP contribution is 2.38. The van der Waals surface area contributed by atoms with E-state index in [2.05, 4.69) is 25.9 Å². The number of aromatic nitrogens is 2. The third-order valence-electron chi connectivity index (χ3n) is 10.9. The molecule has 0 aliphatic carbocycles. The second-order valence-electron chi connectivity index (χ2n) is 15.2. The first kappa shape index (κ1) is 41.7. The number of nitrogens with one attached hydrogen (secondary N) is 3. The van der Waals surface area contributed by atoms with Crippen LogP contribution >= 0.6 is 0 Å². The van der Waals surface area contributed by atoms with E-state index in [1.807, 2.05) is 0 Å². The molecule has 7 rings (SSSR count). The number of rotatable bonds is 14. The number of nitrogens with two attached hydrogens (primary N) is 1. The lowest BCUT2D eigenvalue weighted by atomic mass is 10.0. The summed E-state index contributed by atoms with van der Waals surface area (Å²) in [5.74, 6) is -0.601. The average Bonchev–Trinajstić information content (AvgIpc) is 3.77. The van der Waals surface area contributed by atoms with Gasteiger partial charge in [-0.1, -0.05) is 12.5 Å². The first-order chi connectivity index (χ1) is 28.6. The summed E-state index contributed by atoms with van der Waals surface area (Å²) in [6.07, 6.45) is -1.80. The Morgan fingerprint density at radius 3 is 2.57 bits per heavy atom. The molecule has 15 nitrogen and oxygen atoms in total. The number of piperidine rings is 1. The second kappa shape index (κ2) is 17.0. The molecule has 4 heterocycles. The van der Waals surface area contributed by atoms with E-state index >= 15 is 0 Å². The lowest BCUT2D eigenvalue weighted by molar-refractivity contribution is -0.138. The number of amides is 5. The fourth-order valence-electron chi connectivity index (χ4n) is 7.84. The summed E-state index contributed by atoms with van der Waals surface area (Å²) in [7, 11) is 1.51. The van der Waals surface area contributed by atoms with E-state index in [0.717, 1.165) is 23.5 Å². The number of carbonyl (C=O) groups is 5. The molecule has 5 amide bonds. The maximum Gasteiger partial charge on any atom is 0.416 e. The van der Waals surface area contributed by atoms with Gasteiger partial charge in [-0.2, -0.15) is 13.2 Å². The van der Waals surface area contributed by atoms with E-state index < -0.39 is 47.5 Å². The third-order valence-corrected chi connectivity index (χ3v) is 10.9. The van der Waals surface area contributed by atoms with Gasteiger partial charge in [-0.05, 0) is 75.1 Å². The number of fused-ring (bicyclic) bond motifs is 2. The highest BCUT2D eigenvalue weighted by atomic mass is 19.4. The van der Waals surface area contributed by atoms with Crippen molar-refractivity contribution in [3.8, 4) is 11.5 Å². The van der Waals surface area contributed by atoms with Gasteiger partial charge in [0.05, 0.1) is 41.9 Å². The molecule has 1 aromatic heterocycles. The molecule has 5 N–H and O–H groups in total. The highest BCUT2D eigenvalue weighted by Gasteiger charge is 2.45. The predicted octanol–water partition coefficient (Wildman–Crippen LogP) is 5.77. The topological polar surface area (TPSA) is 198 Å². The first-order valence-electron chi connectivity index (χ1n) is 19.7. The van der Waals surface area contributed by atoms with Crippen LogP contribution in [0, 0.1) is 6.92 Å². The largest absolute Gasteiger partial charge is 0.493 e. The Kier molecular flexibility index (Phi) is 11.8. The van der Waals surface area contributed by atoms with E-state index in [0.29, 0.717) is 90.6 Å². The van der Waals surface area contributed by atoms with Gasteiger partial charge in [0.2, 0.25) is 17.7 Å². The minimum atomic E-state index is -4.56. The number of hydrogen-bond acceptors (Lipinski definition) is 12. The third kappa shape index (κ3) is 8.77. The van der Waals surface area contributed by atoms with Gasteiger partial charge >= 0.3 is 6.18 Å². The maximum absolute atomic E-state index is 13.5. The quantitative estimate of drug-likeness (QED) is 0.0681. The number of unbranched alkanes of at least 4 members (excludes halogenated alkanes) is 2. The van der Waals surface area contributed by atoms with Crippen molar-refractivity contribution in [3.63, 3.8) is 0 Å². The van der Waals surface area contributed by atoms with Crippen LogP contribution in [-0.4, -0.2) is 88.2 Å². The van der Waals surface area contributed by atoms with Gasteiger partial charge < -0.3 is 30.7 Å². The van der Waals surface area contributed by atoms with Crippen molar-refractivity contribution in [2.24, 2.45) is 0 Å². The fraction of sp³-hybridized carbons (Fsp3) is 0.405. The SMILES string of the molecule is COc1cc2nc(C)nc(N[C@H](C)c3cc(N)cc(C(F)(F)F)c3)c2cc1O[C@H]1CCN(C(=O)CCCCCNc2cccc3c2C(=O)N(C2CCC(=O)NC2=O)C3=O)C1. The minimum Gasteiger partial charge on any atom is -0.493 e. The summed E-state index contributed by atoms with van der Waals surface area (Å²) < 4.78 is 52.6. The van der Waals surface area contributed by atoms with Crippen LogP contribution in [-0.2, 0) is 20.6 Å². The zero-order valence-corrected chi connectivity index (χ0v) is 33.3. The molecular weight excluding hydrogens is 786 g/mol. The van der Waals surface area contributed by atoms with E-state index in [1.54, 1.807) is 49.1 Å². The van der Waals surface area contributed by atoms with Gasteiger partial charge in [0, 0.05) is 55.2 Å². The summed E-state index contributed by atoms with van der Waals surface area (Å²) >= 11 is 0. The smallest absolute Gasteiger partial charge is 0.416 e. The van der Waals surface area contributed by atoms with Crippen LogP contribution in [0.15, 0.2) is 48.5 Å². The number of benzene rings is 3. The molecule has 0 spiro atoms. The Balaban J connectivity index is 0.914. The molecule has 0 radical (unpaired) electrons.